The summed E-state index contributed by atoms with van der Waals surface area (Å²) in [5, 5.41) is 7.89. The quantitative estimate of drug-likeness (QED) is 0.245. The topological polar surface area (TPSA) is 62.2 Å². The second kappa shape index (κ2) is 10.8. The van der Waals surface area contributed by atoms with Crippen LogP contribution in [0, 0.1) is 26.7 Å². The van der Waals surface area contributed by atoms with E-state index in [9.17, 15) is 4.79 Å². The van der Waals surface area contributed by atoms with E-state index in [1.54, 1.807) is 0 Å². The maximum Gasteiger partial charge on any atom is 0.226 e. The van der Waals surface area contributed by atoms with E-state index in [1.165, 1.54) is 0 Å². The van der Waals surface area contributed by atoms with Crippen LogP contribution in [0.25, 0.3) is 5.69 Å². The van der Waals surface area contributed by atoms with Crippen LogP contribution >= 0.6 is 23.8 Å². The zero-order chi connectivity index (χ0) is 27.8. The molecule has 1 aliphatic rings. The number of benzene rings is 2. The predicted molar refractivity (Wildman–Crippen MR) is 163 cm³/mol. The first-order chi connectivity index (χ1) is 18.7. The second-order valence-corrected chi connectivity index (χ2v) is 11.0. The van der Waals surface area contributed by atoms with Gasteiger partial charge in [-0.2, -0.15) is 0 Å². The van der Waals surface area contributed by atoms with Crippen LogP contribution in [0.4, 0.5) is 11.4 Å². The summed E-state index contributed by atoms with van der Waals surface area (Å²) in [6.45, 7) is 9.98. The molecule has 0 unspecified atom stereocenters. The highest BCUT2D eigenvalue weighted by Crippen LogP contribution is 2.44. The molecule has 2 aromatic heterocycles. The van der Waals surface area contributed by atoms with Crippen LogP contribution in [0.3, 0.4) is 0 Å². The van der Waals surface area contributed by atoms with Gasteiger partial charge in [-0.15, -0.1) is 0 Å². The van der Waals surface area contributed by atoms with Crippen molar-refractivity contribution >= 4 is 46.2 Å². The van der Waals surface area contributed by atoms with Crippen molar-refractivity contribution in [1.82, 2.24) is 14.9 Å². The molecule has 0 bridgehead atoms. The molecule has 1 fully saturated rings. The summed E-state index contributed by atoms with van der Waals surface area (Å²) in [6.07, 6.45) is 1.81. The van der Waals surface area contributed by atoms with Crippen LogP contribution in [0.2, 0.25) is 5.02 Å². The Bertz CT molecular complexity index is 1550. The zero-order valence-electron chi connectivity index (χ0n) is 22.7. The minimum atomic E-state index is -0.167. The van der Waals surface area contributed by atoms with Crippen molar-refractivity contribution in [3.05, 3.63) is 106 Å². The lowest BCUT2D eigenvalue weighted by molar-refractivity contribution is -0.118. The summed E-state index contributed by atoms with van der Waals surface area (Å²) in [6, 6.07) is 21.7. The molecular weight excluding hydrogens is 526 g/mol. The van der Waals surface area contributed by atoms with Gasteiger partial charge < -0.3 is 20.1 Å². The van der Waals surface area contributed by atoms with Crippen molar-refractivity contribution in [3.8, 4) is 5.69 Å². The van der Waals surface area contributed by atoms with Crippen molar-refractivity contribution in [2.45, 2.75) is 46.7 Å². The third-order valence-corrected chi connectivity index (χ3v) is 7.88. The molecule has 2 atom stereocenters. The summed E-state index contributed by atoms with van der Waals surface area (Å²) < 4.78 is 2.20. The number of rotatable bonds is 6. The molecule has 8 heteroatoms. The third kappa shape index (κ3) is 5.04. The van der Waals surface area contributed by atoms with Gasteiger partial charge in [0.25, 0.3) is 0 Å². The van der Waals surface area contributed by atoms with Gasteiger partial charge in [0.05, 0.1) is 28.5 Å². The van der Waals surface area contributed by atoms with Crippen molar-refractivity contribution in [3.63, 3.8) is 0 Å². The molecule has 4 aromatic rings. The minimum Gasteiger partial charge on any atom is -0.351 e. The molecule has 2 aromatic carbocycles. The number of halogens is 1. The summed E-state index contributed by atoms with van der Waals surface area (Å²) in [7, 11) is 0. The van der Waals surface area contributed by atoms with Gasteiger partial charge >= 0.3 is 0 Å². The molecule has 0 spiro atoms. The molecule has 0 radical (unpaired) electrons. The summed E-state index contributed by atoms with van der Waals surface area (Å²) >= 11 is 12.6. The fourth-order valence-electron chi connectivity index (χ4n) is 5.25. The zero-order valence-corrected chi connectivity index (χ0v) is 24.3. The van der Waals surface area contributed by atoms with Gasteiger partial charge in [0.15, 0.2) is 5.11 Å². The van der Waals surface area contributed by atoms with Gasteiger partial charge in [-0.25, -0.2) is 0 Å². The normalized spacial score (nSPS) is 17.0. The van der Waals surface area contributed by atoms with Crippen molar-refractivity contribution in [2.75, 3.05) is 10.2 Å². The Morgan fingerprint density at radius 2 is 1.79 bits per heavy atom. The number of amides is 1. The lowest BCUT2D eigenvalue weighted by Crippen LogP contribution is -2.29. The molecule has 0 saturated carbocycles. The number of para-hydroxylation sites is 1. The van der Waals surface area contributed by atoms with Crippen molar-refractivity contribution < 1.29 is 4.79 Å². The lowest BCUT2D eigenvalue weighted by atomic mass is 9.96. The Hall–Kier alpha value is -3.68. The number of carbonyl (C=O) groups is 1. The van der Waals surface area contributed by atoms with E-state index < -0.39 is 0 Å². The average Bonchev–Trinajstić information content (AvgIpc) is 3.41. The van der Waals surface area contributed by atoms with Crippen molar-refractivity contribution in [1.29, 1.82) is 0 Å². The number of aromatic nitrogens is 2. The lowest BCUT2D eigenvalue weighted by Gasteiger charge is -2.29. The van der Waals surface area contributed by atoms with Crippen LogP contribution in [0.1, 0.15) is 54.1 Å². The molecule has 1 saturated heterocycles. The molecule has 1 aliphatic heterocycles. The summed E-state index contributed by atoms with van der Waals surface area (Å²) in [5.41, 5.74) is 7.85. The predicted octanol–water partition coefficient (Wildman–Crippen LogP) is 7.22. The fourth-order valence-corrected chi connectivity index (χ4v) is 5.82. The van der Waals surface area contributed by atoms with E-state index in [0.717, 1.165) is 45.3 Å². The van der Waals surface area contributed by atoms with Crippen LogP contribution < -0.4 is 15.5 Å². The number of anilines is 2. The van der Waals surface area contributed by atoms with Crippen LogP contribution in [0.5, 0.6) is 0 Å². The van der Waals surface area contributed by atoms with Crippen LogP contribution in [0.15, 0.2) is 72.9 Å². The summed E-state index contributed by atoms with van der Waals surface area (Å²) in [4.78, 5) is 19.2. The van der Waals surface area contributed by atoms with E-state index in [4.69, 9.17) is 23.8 Å². The number of carbonyl (C=O) groups excluding carboxylic acids is 1. The van der Waals surface area contributed by atoms with Gasteiger partial charge in [0.1, 0.15) is 0 Å². The van der Waals surface area contributed by atoms with E-state index in [-0.39, 0.29) is 23.9 Å². The highest BCUT2D eigenvalue weighted by Gasteiger charge is 2.42. The molecule has 2 N–H and O–H groups in total. The van der Waals surface area contributed by atoms with Gasteiger partial charge in [0, 0.05) is 34.9 Å². The van der Waals surface area contributed by atoms with Crippen LogP contribution in [-0.4, -0.2) is 20.6 Å². The minimum absolute atomic E-state index is 0.00989. The number of pyridine rings is 1. The molecule has 5 rings (SSSR count). The number of hydrogen-bond acceptors (Lipinski definition) is 3. The van der Waals surface area contributed by atoms with Gasteiger partial charge in [-0.05, 0) is 92.6 Å². The van der Waals surface area contributed by atoms with E-state index >= 15 is 0 Å². The Kier molecular flexibility index (Phi) is 7.47. The molecule has 6 nitrogen and oxygen atoms in total. The molecule has 200 valence electrons. The number of thiocarbonyl (C=S) groups is 1. The first-order valence-electron chi connectivity index (χ1n) is 13.0. The van der Waals surface area contributed by atoms with Gasteiger partial charge in [-0.3, -0.25) is 9.78 Å². The maximum absolute atomic E-state index is 12.3. The third-order valence-electron chi connectivity index (χ3n) is 7.25. The standard InChI is InChI=1S/C31H32ClN5OS/c1-18(2)30(38)34-25-14-13-22(16-19(25)3)37-29(28(35-31(37)39)26-11-8-9-15-33-26)23-17-20(4)36(21(23)5)27-12-7-6-10-24(27)32/h6-18,28-29H,1-5H3,(H,34,38)(H,35,39)/t28-,29+/m1/s1. The largest absolute Gasteiger partial charge is 0.351 e. The van der Waals surface area contributed by atoms with Gasteiger partial charge in [-0.1, -0.05) is 43.6 Å². The highest BCUT2D eigenvalue weighted by atomic mass is 35.5. The molecule has 3 heterocycles. The number of hydrogen-bond donors (Lipinski definition) is 2. The first-order valence-corrected chi connectivity index (χ1v) is 13.8. The Labute approximate surface area is 240 Å². The summed E-state index contributed by atoms with van der Waals surface area (Å²) in [5.74, 6) is -0.111. The first kappa shape index (κ1) is 26.9. The molecule has 0 aliphatic carbocycles. The van der Waals surface area contributed by atoms with Crippen molar-refractivity contribution in [2.24, 2.45) is 5.92 Å². The average molecular weight is 558 g/mol. The molecular formula is C31H32ClN5OS. The fraction of sp³-hybridized carbons (Fsp3) is 0.258. The SMILES string of the molecule is Cc1cc(N2C(=S)N[C@H](c3ccccn3)[C@@H]2c2cc(C)n(-c3ccccc3Cl)c2C)ccc1NC(=O)C(C)C. The van der Waals surface area contributed by atoms with Gasteiger partial charge in [0.2, 0.25) is 5.91 Å². The Morgan fingerprint density at radius 3 is 2.46 bits per heavy atom. The number of nitrogens with zero attached hydrogens (tertiary/aromatic N) is 3. The second-order valence-electron chi connectivity index (χ2n) is 10.3. The van der Waals surface area contributed by atoms with Crippen LogP contribution in [-0.2, 0) is 4.79 Å². The van der Waals surface area contributed by atoms with E-state index in [1.807, 2.05) is 81.6 Å². The highest BCUT2D eigenvalue weighted by molar-refractivity contribution is 7.80. The Balaban J connectivity index is 1.63. The number of nitrogens with one attached hydrogen (secondary N) is 2. The molecule has 1 amide bonds. The number of aryl methyl sites for hydroxylation is 2. The van der Waals surface area contributed by atoms with E-state index in [0.29, 0.717) is 10.1 Å². The maximum atomic E-state index is 12.3. The molecule has 39 heavy (non-hydrogen) atoms. The monoisotopic (exact) mass is 557 g/mol. The Morgan fingerprint density at radius 1 is 1.05 bits per heavy atom. The van der Waals surface area contributed by atoms with E-state index in [2.05, 4.69) is 51.1 Å². The smallest absolute Gasteiger partial charge is 0.226 e.